The molecule has 0 aliphatic rings. The van der Waals surface area contributed by atoms with E-state index >= 15 is 0 Å². The normalized spacial score (nSPS) is 11.5. The number of rotatable bonds is 7. The largest absolute Gasteiger partial charge is 0.479 e. The van der Waals surface area contributed by atoms with Gasteiger partial charge in [-0.05, 0) is 38.1 Å². The van der Waals surface area contributed by atoms with Crippen LogP contribution in [0.2, 0.25) is 5.02 Å². The lowest BCUT2D eigenvalue weighted by Crippen LogP contribution is -2.25. The number of nitrogens with zero attached hydrogens (tertiary/aromatic N) is 3. The monoisotopic (exact) mass is 379 g/mol. The maximum absolute atomic E-state index is 11.4. The number of halogens is 1. The van der Waals surface area contributed by atoms with Crippen LogP contribution in [0.5, 0.6) is 5.75 Å². The highest BCUT2D eigenvalue weighted by Crippen LogP contribution is 2.33. The summed E-state index contributed by atoms with van der Waals surface area (Å²) in [6.07, 6.45) is 0.620. The molecule has 0 N–H and O–H groups in total. The first-order valence-corrected chi connectivity index (χ1v) is 8.17. The number of methoxy groups -OCH3 is 1. The molecule has 1 heterocycles. The first-order chi connectivity index (χ1) is 12.4. The van der Waals surface area contributed by atoms with Gasteiger partial charge in [-0.15, -0.1) is 0 Å². The molecule has 1 aromatic heterocycles. The summed E-state index contributed by atoms with van der Waals surface area (Å²) < 4.78 is 10.1. The van der Waals surface area contributed by atoms with Gasteiger partial charge in [-0.1, -0.05) is 11.6 Å². The first kappa shape index (κ1) is 19.5. The molecule has 0 radical (unpaired) electrons. The van der Waals surface area contributed by atoms with E-state index in [2.05, 4.69) is 9.72 Å². The van der Waals surface area contributed by atoms with Crippen molar-refractivity contribution >= 4 is 34.8 Å². The SMILES string of the molecule is CCN(c1ccc(OC(C)C(=O)OC)cc1)c1ncc(Cl)cc1[N+](=O)[O-]. The van der Waals surface area contributed by atoms with Crippen LogP contribution in [-0.4, -0.2) is 35.6 Å². The number of anilines is 2. The lowest BCUT2D eigenvalue weighted by atomic mass is 10.2. The third-order valence-corrected chi connectivity index (χ3v) is 3.78. The molecule has 0 spiro atoms. The molecular weight excluding hydrogens is 362 g/mol. The Morgan fingerprint density at radius 2 is 2.04 bits per heavy atom. The van der Waals surface area contributed by atoms with Crippen LogP contribution in [0.1, 0.15) is 13.8 Å². The summed E-state index contributed by atoms with van der Waals surface area (Å²) in [5.74, 6) is 0.185. The van der Waals surface area contributed by atoms with Crippen molar-refractivity contribution in [1.29, 1.82) is 0 Å². The van der Waals surface area contributed by atoms with Gasteiger partial charge in [0, 0.05) is 24.5 Å². The van der Waals surface area contributed by atoms with Gasteiger partial charge in [-0.3, -0.25) is 10.1 Å². The molecule has 0 saturated carbocycles. The van der Waals surface area contributed by atoms with Crippen molar-refractivity contribution < 1.29 is 19.2 Å². The van der Waals surface area contributed by atoms with Gasteiger partial charge in [0.05, 0.1) is 17.1 Å². The average Bonchev–Trinajstić information content (AvgIpc) is 2.63. The summed E-state index contributed by atoms with van der Waals surface area (Å²) in [4.78, 5) is 28.0. The van der Waals surface area contributed by atoms with Gasteiger partial charge in [0.15, 0.2) is 6.10 Å². The minimum Gasteiger partial charge on any atom is -0.479 e. The number of hydrogen-bond donors (Lipinski definition) is 0. The van der Waals surface area contributed by atoms with Gasteiger partial charge in [0.25, 0.3) is 0 Å². The highest BCUT2D eigenvalue weighted by molar-refractivity contribution is 6.30. The smallest absolute Gasteiger partial charge is 0.346 e. The van der Waals surface area contributed by atoms with Crippen LogP contribution in [0.3, 0.4) is 0 Å². The van der Waals surface area contributed by atoms with Crippen LogP contribution in [0.4, 0.5) is 17.2 Å². The van der Waals surface area contributed by atoms with E-state index in [4.69, 9.17) is 16.3 Å². The van der Waals surface area contributed by atoms with Crippen LogP contribution < -0.4 is 9.64 Å². The van der Waals surface area contributed by atoms with Gasteiger partial charge in [0.2, 0.25) is 5.82 Å². The Morgan fingerprint density at radius 3 is 2.58 bits per heavy atom. The molecule has 0 saturated heterocycles. The van der Waals surface area contributed by atoms with Crippen LogP contribution in [-0.2, 0) is 9.53 Å². The molecular formula is C17H18ClN3O5. The van der Waals surface area contributed by atoms with Gasteiger partial charge in [-0.2, -0.15) is 0 Å². The molecule has 138 valence electrons. The molecule has 1 unspecified atom stereocenters. The summed E-state index contributed by atoms with van der Waals surface area (Å²) in [5, 5.41) is 11.5. The van der Waals surface area contributed by atoms with Crippen molar-refractivity contribution in [2.75, 3.05) is 18.6 Å². The fourth-order valence-electron chi connectivity index (χ4n) is 2.34. The van der Waals surface area contributed by atoms with Crippen molar-refractivity contribution in [3.8, 4) is 5.75 Å². The predicted molar refractivity (Wildman–Crippen MR) is 97.1 cm³/mol. The van der Waals surface area contributed by atoms with E-state index in [0.29, 0.717) is 18.0 Å². The Bertz CT molecular complexity index is 797. The summed E-state index contributed by atoms with van der Waals surface area (Å²) in [6.45, 7) is 3.89. The molecule has 0 aliphatic heterocycles. The quantitative estimate of drug-likeness (QED) is 0.410. The minimum atomic E-state index is -0.743. The van der Waals surface area contributed by atoms with Crippen molar-refractivity contribution in [1.82, 2.24) is 4.98 Å². The zero-order valence-electron chi connectivity index (χ0n) is 14.5. The predicted octanol–water partition coefficient (Wildman–Crippen LogP) is 3.74. The maximum atomic E-state index is 11.4. The summed E-state index contributed by atoms with van der Waals surface area (Å²) in [6, 6.07) is 8.05. The Morgan fingerprint density at radius 1 is 1.38 bits per heavy atom. The van der Waals surface area contributed by atoms with Gasteiger partial charge >= 0.3 is 11.7 Å². The zero-order chi connectivity index (χ0) is 19.3. The Kier molecular flexibility index (Phi) is 6.35. The van der Waals surface area contributed by atoms with Crippen LogP contribution in [0, 0.1) is 10.1 Å². The molecule has 9 heteroatoms. The summed E-state index contributed by atoms with van der Waals surface area (Å²) in [7, 11) is 1.29. The Balaban J connectivity index is 2.29. The molecule has 8 nitrogen and oxygen atoms in total. The van der Waals surface area contributed by atoms with Crippen LogP contribution in [0.15, 0.2) is 36.5 Å². The molecule has 1 atom stereocenters. The third-order valence-electron chi connectivity index (χ3n) is 3.58. The summed E-state index contributed by atoms with van der Waals surface area (Å²) >= 11 is 5.82. The van der Waals surface area contributed by atoms with Crippen molar-refractivity contribution in [3.05, 3.63) is 51.7 Å². The van der Waals surface area contributed by atoms with Gasteiger partial charge in [-0.25, -0.2) is 9.78 Å². The molecule has 1 aromatic carbocycles. The van der Waals surface area contributed by atoms with E-state index in [1.807, 2.05) is 6.92 Å². The molecule has 26 heavy (non-hydrogen) atoms. The number of carbonyl (C=O) groups excluding carboxylic acids is 1. The lowest BCUT2D eigenvalue weighted by Gasteiger charge is -2.22. The number of pyridine rings is 1. The number of carbonyl (C=O) groups is 1. The second-order valence-corrected chi connectivity index (χ2v) is 5.71. The van der Waals surface area contributed by atoms with Crippen molar-refractivity contribution in [2.24, 2.45) is 0 Å². The number of ether oxygens (including phenoxy) is 2. The Hall–Kier alpha value is -2.87. The second-order valence-electron chi connectivity index (χ2n) is 5.27. The number of esters is 1. The maximum Gasteiger partial charge on any atom is 0.346 e. The highest BCUT2D eigenvalue weighted by Gasteiger charge is 2.22. The number of aromatic nitrogens is 1. The van der Waals surface area contributed by atoms with Gasteiger partial charge in [0.1, 0.15) is 5.75 Å². The lowest BCUT2D eigenvalue weighted by molar-refractivity contribution is -0.384. The highest BCUT2D eigenvalue weighted by atomic mass is 35.5. The van der Waals surface area contributed by atoms with E-state index in [9.17, 15) is 14.9 Å². The van der Waals surface area contributed by atoms with Crippen LogP contribution in [0.25, 0.3) is 0 Å². The van der Waals surface area contributed by atoms with Crippen molar-refractivity contribution in [3.63, 3.8) is 0 Å². The number of benzene rings is 1. The fourth-order valence-corrected chi connectivity index (χ4v) is 2.49. The third kappa shape index (κ3) is 4.40. The number of hydrogen-bond acceptors (Lipinski definition) is 7. The second kappa shape index (κ2) is 8.48. The van der Waals surface area contributed by atoms with Crippen molar-refractivity contribution in [2.45, 2.75) is 20.0 Å². The molecule has 0 bridgehead atoms. The molecule has 2 aromatic rings. The average molecular weight is 380 g/mol. The molecule has 0 fully saturated rings. The Labute approximate surface area is 155 Å². The fraction of sp³-hybridized carbons (Fsp3) is 0.294. The first-order valence-electron chi connectivity index (χ1n) is 7.79. The molecule has 2 rings (SSSR count). The van der Waals surface area contributed by atoms with E-state index in [1.54, 1.807) is 36.1 Å². The molecule has 0 aliphatic carbocycles. The van der Waals surface area contributed by atoms with Crippen LogP contribution >= 0.6 is 11.6 Å². The number of nitro groups is 1. The molecule has 0 amide bonds. The van der Waals surface area contributed by atoms with E-state index in [1.165, 1.54) is 19.4 Å². The zero-order valence-corrected chi connectivity index (χ0v) is 15.3. The summed E-state index contributed by atoms with van der Waals surface area (Å²) in [5.41, 5.74) is 0.502. The standard InChI is InChI=1S/C17H18ClN3O5/c1-4-20(16-15(21(23)24)9-12(18)10-19-16)13-5-7-14(8-6-13)26-11(2)17(22)25-3/h5-11H,4H2,1-3H3. The topological polar surface area (TPSA) is 94.8 Å². The van der Waals surface area contributed by atoms with Gasteiger partial charge < -0.3 is 14.4 Å². The van der Waals surface area contributed by atoms with E-state index < -0.39 is 17.0 Å². The van der Waals surface area contributed by atoms with E-state index in [-0.39, 0.29) is 16.5 Å². The minimum absolute atomic E-state index is 0.181. The van der Waals surface area contributed by atoms with E-state index in [0.717, 1.165) is 0 Å².